The van der Waals surface area contributed by atoms with E-state index in [4.69, 9.17) is 10.3 Å². The average molecular weight is 225 g/mol. The summed E-state index contributed by atoms with van der Waals surface area (Å²) in [5.74, 6) is 0.212. The highest BCUT2D eigenvalue weighted by molar-refractivity contribution is 5.94. The number of anilines is 1. The van der Waals surface area contributed by atoms with Crippen molar-refractivity contribution >= 4 is 11.8 Å². The van der Waals surface area contributed by atoms with E-state index in [0.29, 0.717) is 12.3 Å². The molecule has 1 rings (SSSR count). The Morgan fingerprint density at radius 1 is 1.56 bits per heavy atom. The molecule has 5 heteroatoms. The van der Waals surface area contributed by atoms with Crippen LogP contribution >= 0.6 is 0 Å². The van der Waals surface area contributed by atoms with E-state index < -0.39 is 6.04 Å². The van der Waals surface area contributed by atoms with E-state index in [1.54, 1.807) is 0 Å². The Kier molecular flexibility index (Phi) is 4.49. The topological polar surface area (TPSA) is 81.2 Å². The first-order valence-corrected chi connectivity index (χ1v) is 5.61. The molecule has 1 amide bonds. The third-order valence-corrected chi connectivity index (χ3v) is 2.51. The molecule has 0 aliphatic heterocycles. The molecule has 1 heterocycles. The van der Waals surface area contributed by atoms with Crippen LogP contribution in [0.1, 0.15) is 37.9 Å². The van der Waals surface area contributed by atoms with Gasteiger partial charge in [0, 0.05) is 5.56 Å². The molecule has 90 valence electrons. The molecular weight excluding hydrogens is 206 g/mol. The third-order valence-electron chi connectivity index (χ3n) is 2.51. The SMILES string of the molecule is CCC[C@H](N)C(=O)Nc1onc(C)c1CC. The van der Waals surface area contributed by atoms with Crippen molar-refractivity contribution in [3.05, 3.63) is 11.3 Å². The van der Waals surface area contributed by atoms with E-state index in [1.165, 1.54) is 0 Å². The minimum absolute atomic E-state index is 0.215. The smallest absolute Gasteiger partial charge is 0.243 e. The van der Waals surface area contributed by atoms with E-state index in [9.17, 15) is 4.79 Å². The lowest BCUT2D eigenvalue weighted by atomic mass is 10.1. The molecule has 16 heavy (non-hydrogen) atoms. The van der Waals surface area contributed by atoms with Gasteiger partial charge in [-0.15, -0.1) is 0 Å². The first kappa shape index (κ1) is 12.7. The number of nitrogens with zero attached hydrogens (tertiary/aromatic N) is 1. The van der Waals surface area contributed by atoms with Gasteiger partial charge in [0.1, 0.15) is 0 Å². The van der Waals surface area contributed by atoms with Gasteiger partial charge in [-0.3, -0.25) is 10.1 Å². The maximum Gasteiger partial charge on any atom is 0.243 e. The first-order chi connectivity index (χ1) is 7.60. The van der Waals surface area contributed by atoms with Crippen LogP contribution in [0.15, 0.2) is 4.52 Å². The molecule has 0 saturated carbocycles. The van der Waals surface area contributed by atoms with Crippen LogP contribution < -0.4 is 11.1 Å². The minimum Gasteiger partial charge on any atom is -0.338 e. The lowest BCUT2D eigenvalue weighted by Crippen LogP contribution is -2.35. The summed E-state index contributed by atoms with van der Waals surface area (Å²) in [6.07, 6.45) is 2.32. The number of carbonyl (C=O) groups excluding carboxylic acids is 1. The van der Waals surface area contributed by atoms with Crippen LogP contribution in [0.5, 0.6) is 0 Å². The zero-order valence-corrected chi connectivity index (χ0v) is 10.0. The molecule has 1 atom stereocenters. The number of rotatable bonds is 5. The van der Waals surface area contributed by atoms with Crippen LogP contribution in [0.25, 0.3) is 0 Å². The summed E-state index contributed by atoms with van der Waals surface area (Å²) in [5.41, 5.74) is 7.43. The van der Waals surface area contributed by atoms with E-state index in [0.717, 1.165) is 24.1 Å². The van der Waals surface area contributed by atoms with Crippen LogP contribution in [0.4, 0.5) is 5.88 Å². The van der Waals surface area contributed by atoms with Gasteiger partial charge in [-0.25, -0.2) is 0 Å². The molecule has 0 radical (unpaired) electrons. The van der Waals surface area contributed by atoms with Crippen LogP contribution in [0.3, 0.4) is 0 Å². The molecule has 5 nitrogen and oxygen atoms in total. The monoisotopic (exact) mass is 225 g/mol. The molecule has 0 aromatic carbocycles. The highest BCUT2D eigenvalue weighted by Gasteiger charge is 2.17. The lowest BCUT2D eigenvalue weighted by molar-refractivity contribution is -0.117. The van der Waals surface area contributed by atoms with Gasteiger partial charge >= 0.3 is 0 Å². The van der Waals surface area contributed by atoms with Crippen molar-refractivity contribution in [3.63, 3.8) is 0 Å². The number of carbonyl (C=O) groups is 1. The summed E-state index contributed by atoms with van der Waals surface area (Å²) in [7, 11) is 0. The molecule has 0 fully saturated rings. The zero-order chi connectivity index (χ0) is 12.1. The van der Waals surface area contributed by atoms with Gasteiger partial charge in [0.25, 0.3) is 0 Å². The van der Waals surface area contributed by atoms with E-state index in [1.807, 2.05) is 20.8 Å². The van der Waals surface area contributed by atoms with Crippen molar-refractivity contribution in [2.24, 2.45) is 5.73 Å². The van der Waals surface area contributed by atoms with Gasteiger partial charge in [-0.2, -0.15) is 0 Å². The average Bonchev–Trinajstić information content (AvgIpc) is 2.59. The highest BCUT2D eigenvalue weighted by Crippen LogP contribution is 2.19. The van der Waals surface area contributed by atoms with Gasteiger partial charge in [-0.1, -0.05) is 25.4 Å². The summed E-state index contributed by atoms with van der Waals surface area (Å²) in [5, 5.41) is 6.49. The maximum atomic E-state index is 11.7. The first-order valence-electron chi connectivity index (χ1n) is 5.61. The number of hydrogen-bond donors (Lipinski definition) is 2. The summed E-state index contributed by atoms with van der Waals surface area (Å²) < 4.78 is 5.05. The number of aromatic nitrogens is 1. The molecule has 0 bridgehead atoms. The fourth-order valence-electron chi connectivity index (χ4n) is 1.55. The fraction of sp³-hybridized carbons (Fsp3) is 0.636. The number of aryl methyl sites for hydroxylation is 1. The standard InChI is InChI=1S/C11H19N3O2/c1-4-6-9(12)10(15)13-11-8(5-2)7(3)14-16-11/h9H,4-6,12H2,1-3H3,(H,13,15)/t9-/m0/s1. The molecule has 0 unspecified atom stereocenters. The Hall–Kier alpha value is -1.36. The second kappa shape index (κ2) is 5.65. The number of nitrogens with one attached hydrogen (secondary N) is 1. The van der Waals surface area contributed by atoms with Crippen LogP contribution in [-0.4, -0.2) is 17.1 Å². The quantitative estimate of drug-likeness (QED) is 0.797. The molecule has 1 aromatic rings. The predicted octanol–water partition coefficient (Wildman–Crippen LogP) is 1.61. The molecule has 0 spiro atoms. The fourth-order valence-corrected chi connectivity index (χ4v) is 1.55. The Bertz CT molecular complexity index is 360. The second-order valence-corrected chi connectivity index (χ2v) is 3.81. The van der Waals surface area contributed by atoms with Gasteiger partial charge in [-0.05, 0) is 19.8 Å². The largest absolute Gasteiger partial charge is 0.338 e. The minimum atomic E-state index is -0.486. The van der Waals surface area contributed by atoms with Gasteiger partial charge in [0.05, 0.1) is 11.7 Å². The molecule has 3 N–H and O–H groups in total. The van der Waals surface area contributed by atoms with Crippen molar-refractivity contribution < 1.29 is 9.32 Å². The van der Waals surface area contributed by atoms with Crippen molar-refractivity contribution in [3.8, 4) is 0 Å². The number of hydrogen-bond acceptors (Lipinski definition) is 4. The Morgan fingerprint density at radius 3 is 2.81 bits per heavy atom. The van der Waals surface area contributed by atoms with Crippen molar-refractivity contribution in [2.75, 3.05) is 5.32 Å². The summed E-state index contributed by atoms with van der Waals surface area (Å²) in [4.78, 5) is 11.7. The maximum absolute atomic E-state index is 11.7. The Balaban J connectivity index is 2.69. The molecule has 0 aliphatic rings. The third kappa shape index (κ3) is 2.82. The summed E-state index contributed by atoms with van der Waals surface area (Å²) >= 11 is 0. The lowest BCUT2D eigenvalue weighted by Gasteiger charge is -2.09. The van der Waals surface area contributed by atoms with Crippen molar-refractivity contribution in [1.82, 2.24) is 5.16 Å². The van der Waals surface area contributed by atoms with E-state index in [2.05, 4.69) is 10.5 Å². The van der Waals surface area contributed by atoms with E-state index in [-0.39, 0.29) is 5.91 Å². The number of amides is 1. The zero-order valence-electron chi connectivity index (χ0n) is 10.0. The molecule has 0 aliphatic carbocycles. The van der Waals surface area contributed by atoms with Gasteiger partial charge < -0.3 is 10.3 Å². The normalized spacial score (nSPS) is 12.5. The Labute approximate surface area is 95.4 Å². The van der Waals surface area contributed by atoms with Crippen molar-refractivity contribution in [2.45, 2.75) is 46.1 Å². The van der Waals surface area contributed by atoms with E-state index >= 15 is 0 Å². The highest BCUT2D eigenvalue weighted by atomic mass is 16.5. The summed E-state index contributed by atoms with van der Waals surface area (Å²) in [6, 6.07) is -0.486. The van der Waals surface area contributed by atoms with Crippen molar-refractivity contribution in [1.29, 1.82) is 0 Å². The van der Waals surface area contributed by atoms with Crippen LogP contribution in [0, 0.1) is 6.92 Å². The second-order valence-electron chi connectivity index (χ2n) is 3.81. The molecular formula is C11H19N3O2. The molecule has 0 saturated heterocycles. The Morgan fingerprint density at radius 2 is 2.25 bits per heavy atom. The van der Waals surface area contributed by atoms with Gasteiger partial charge in [0.2, 0.25) is 11.8 Å². The van der Waals surface area contributed by atoms with Crippen LogP contribution in [-0.2, 0) is 11.2 Å². The predicted molar refractivity (Wildman–Crippen MR) is 62.1 cm³/mol. The molecule has 1 aromatic heterocycles. The summed E-state index contributed by atoms with van der Waals surface area (Å²) in [6.45, 7) is 5.83. The number of nitrogens with two attached hydrogens (primary N) is 1. The van der Waals surface area contributed by atoms with Crippen LogP contribution in [0.2, 0.25) is 0 Å². The van der Waals surface area contributed by atoms with Gasteiger partial charge in [0.15, 0.2) is 0 Å².